The van der Waals surface area contributed by atoms with E-state index in [2.05, 4.69) is 67.6 Å². The van der Waals surface area contributed by atoms with Gasteiger partial charge in [-0.3, -0.25) is 0 Å². The van der Waals surface area contributed by atoms with Crippen LogP contribution in [-0.4, -0.2) is 0 Å². The van der Waals surface area contributed by atoms with Crippen LogP contribution in [0.5, 0.6) is 0 Å². The average Bonchev–Trinajstić information content (AvgIpc) is 2.40. The van der Waals surface area contributed by atoms with Crippen LogP contribution >= 0.6 is 0 Å². The lowest BCUT2D eigenvalue weighted by atomic mass is 10.0. The molecule has 17 heavy (non-hydrogen) atoms. The van der Waals surface area contributed by atoms with Crippen molar-refractivity contribution in [2.75, 3.05) is 0 Å². The molecule has 0 fully saturated rings. The van der Waals surface area contributed by atoms with Crippen molar-refractivity contribution in [3.05, 3.63) is 71.8 Å². The first kappa shape index (κ1) is 15.4. The van der Waals surface area contributed by atoms with Crippen molar-refractivity contribution in [1.82, 2.24) is 0 Å². The highest BCUT2D eigenvalue weighted by Gasteiger charge is 1.93. The molecular weight excluding hydrogens is 204 g/mol. The van der Waals surface area contributed by atoms with Gasteiger partial charge in [0.1, 0.15) is 0 Å². The normalized spacial score (nSPS) is 11.6. The molecule has 92 valence electrons. The second-order valence-electron chi connectivity index (χ2n) is 3.43. The zero-order valence-corrected chi connectivity index (χ0v) is 11.5. The largest absolute Gasteiger partial charge is 0.0877 e. The maximum atomic E-state index is 2.16. The van der Waals surface area contributed by atoms with E-state index in [9.17, 15) is 0 Å². The molecule has 0 saturated carbocycles. The SMILES string of the molecule is CC.C\C=C/C=C(\C=C/C)Cc1ccccc1. The van der Waals surface area contributed by atoms with Gasteiger partial charge in [0.25, 0.3) is 0 Å². The zero-order chi connectivity index (χ0) is 12.9. The van der Waals surface area contributed by atoms with Crippen LogP contribution in [0, 0.1) is 0 Å². The maximum absolute atomic E-state index is 2.16. The van der Waals surface area contributed by atoms with Crippen molar-refractivity contribution in [2.45, 2.75) is 34.1 Å². The van der Waals surface area contributed by atoms with E-state index < -0.39 is 0 Å². The van der Waals surface area contributed by atoms with Gasteiger partial charge in [0.15, 0.2) is 0 Å². The van der Waals surface area contributed by atoms with Gasteiger partial charge >= 0.3 is 0 Å². The minimum atomic E-state index is 0.996. The lowest BCUT2D eigenvalue weighted by molar-refractivity contribution is 1.19. The van der Waals surface area contributed by atoms with Crippen LogP contribution < -0.4 is 0 Å². The Kier molecular flexibility index (Phi) is 9.94. The van der Waals surface area contributed by atoms with Crippen molar-refractivity contribution in [1.29, 1.82) is 0 Å². The van der Waals surface area contributed by atoms with Gasteiger partial charge in [0, 0.05) is 0 Å². The maximum Gasteiger partial charge on any atom is -0.00259 e. The van der Waals surface area contributed by atoms with E-state index in [0.29, 0.717) is 0 Å². The van der Waals surface area contributed by atoms with Gasteiger partial charge in [0.05, 0.1) is 0 Å². The van der Waals surface area contributed by atoms with Gasteiger partial charge in [0.2, 0.25) is 0 Å². The fourth-order valence-corrected chi connectivity index (χ4v) is 1.44. The second-order valence-corrected chi connectivity index (χ2v) is 3.43. The third-order valence-electron chi connectivity index (χ3n) is 2.13. The fourth-order valence-electron chi connectivity index (χ4n) is 1.44. The summed E-state index contributed by atoms with van der Waals surface area (Å²) < 4.78 is 0. The smallest absolute Gasteiger partial charge is 0.00259 e. The van der Waals surface area contributed by atoms with Crippen molar-refractivity contribution in [2.24, 2.45) is 0 Å². The quantitative estimate of drug-likeness (QED) is 0.611. The molecule has 0 aromatic heterocycles. The number of rotatable bonds is 4. The number of allylic oxidation sites excluding steroid dienone is 6. The molecule has 0 aliphatic heterocycles. The summed E-state index contributed by atoms with van der Waals surface area (Å²) in [6, 6.07) is 10.5. The number of hydrogen-bond donors (Lipinski definition) is 0. The second kappa shape index (κ2) is 10.9. The highest BCUT2D eigenvalue weighted by atomic mass is 14.0. The summed E-state index contributed by atoms with van der Waals surface area (Å²) in [5, 5.41) is 0. The van der Waals surface area contributed by atoms with E-state index in [4.69, 9.17) is 0 Å². The monoisotopic (exact) mass is 228 g/mol. The molecule has 0 bridgehead atoms. The van der Waals surface area contributed by atoms with Crippen LogP contribution in [-0.2, 0) is 6.42 Å². The van der Waals surface area contributed by atoms with E-state index >= 15 is 0 Å². The minimum absolute atomic E-state index is 0.996. The summed E-state index contributed by atoms with van der Waals surface area (Å²) in [6.45, 7) is 8.08. The summed E-state index contributed by atoms with van der Waals surface area (Å²) in [4.78, 5) is 0. The van der Waals surface area contributed by atoms with E-state index in [1.54, 1.807) is 0 Å². The Bertz CT molecular complexity index is 353. The summed E-state index contributed by atoms with van der Waals surface area (Å²) in [5.74, 6) is 0. The first-order valence-electron chi connectivity index (χ1n) is 6.35. The minimum Gasteiger partial charge on any atom is -0.0877 e. The predicted molar refractivity (Wildman–Crippen MR) is 79.2 cm³/mol. The summed E-state index contributed by atoms with van der Waals surface area (Å²) in [7, 11) is 0. The van der Waals surface area contributed by atoms with Gasteiger partial charge in [-0.15, -0.1) is 0 Å². The Labute approximate surface area is 106 Å². The van der Waals surface area contributed by atoms with Gasteiger partial charge in [-0.2, -0.15) is 0 Å². The predicted octanol–water partition coefficient (Wildman–Crippen LogP) is 5.33. The van der Waals surface area contributed by atoms with Crippen LogP contribution in [0.2, 0.25) is 0 Å². The molecule has 0 amide bonds. The molecule has 0 radical (unpaired) electrons. The number of benzene rings is 1. The van der Waals surface area contributed by atoms with Crippen LogP contribution in [0.4, 0.5) is 0 Å². The van der Waals surface area contributed by atoms with Crippen LogP contribution in [0.25, 0.3) is 0 Å². The van der Waals surface area contributed by atoms with Gasteiger partial charge in [-0.1, -0.05) is 74.6 Å². The molecule has 0 aliphatic carbocycles. The van der Waals surface area contributed by atoms with Gasteiger partial charge in [-0.25, -0.2) is 0 Å². The van der Waals surface area contributed by atoms with Gasteiger partial charge in [-0.05, 0) is 31.4 Å². The molecule has 1 aromatic rings. The molecule has 0 heteroatoms. The standard InChI is InChI=1S/C15H18.C2H6/c1-3-5-10-14(9-4-2)13-15-11-7-6-8-12-15;1-2/h3-12H,13H2,1-2H3;1-2H3/b5-3-,9-4-,14-10+;. The average molecular weight is 228 g/mol. The van der Waals surface area contributed by atoms with E-state index in [1.807, 2.05) is 20.8 Å². The Hall–Kier alpha value is -1.56. The highest BCUT2D eigenvalue weighted by molar-refractivity contribution is 5.30. The molecule has 0 heterocycles. The fraction of sp³-hybridized carbons (Fsp3) is 0.294. The molecular formula is C17H24. The van der Waals surface area contributed by atoms with Crippen molar-refractivity contribution in [3.63, 3.8) is 0 Å². The highest BCUT2D eigenvalue weighted by Crippen LogP contribution is 2.09. The zero-order valence-electron chi connectivity index (χ0n) is 11.5. The third-order valence-corrected chi connectivity index (χ3v) is 2.13. The molecule has 0 N–H and O–H groups in total. The van der Waals surface area contributed by atoms with E-state index in [-0.39, 0.29) is 0 Å². The molecule has 0 unspecified atom stereocenters. The molecule has 0 spiro atoms. The van der Waals surface area contributed by atoms with Crippen molar-refractivity contribution >= 4 is 0 Å². The summed E-state index contributed by atoms with van der Waals surface area (Å²) in [5.41, 5.74) is 2.69. The van der Waals surface area contributed by atoms with Crippen LogP contribution in [0.3, 0.4) is 0 Å². The van der Waals surface area contributed by atoms with Crippen molar-refractivity contribution < 1.29 is 0 Å². The number of hydrogen-bond acceptors (Lipinski definition) is 0. The van der Waals surface area contributed by atoms with Crippen molar-refractivity contribution in [3.8, 4) is 0 Å². The van der Waals surface area contributed by atoms with E-state index in [0.717, 1.165) is 6.42 Å². The summed E-state index contributed by atoms with van der Waals surface area (Å²) >= 11 is 0. The Balaban J connectivity index is 0.00000121. The van der Waals surface area contributed by atoms with E-state index in [1.165, 1.54) is 11.1 Å². The third kappa shape index (κ3) is 7.35. The first-order valence-corrected chi connectivity index (χ1v) is 6.35. The molecule has 1 rings (SSSR count). The first-order chi connectivity index (χ1) is 8.36. The molecule has 0 aliphatic rings. The molecule has 0 atom stereocenters. The molecule has 1 aromatic carbocycles. The topological polar surface area (TPSA) is 0 Å². The van der Waals surface area contributed by atoms with Gasteiger partial charge < -0.3 is 0 Å². The van der Waals surface area contributed by atoms with Crippen LogP contribution in [0.1, 0.15) is 33.3 Å². The summed E-state index contributed by atoms with van der Waals surface area (Å²) in [6.07, 6.45) is 11.5. The lowest BCUT2D eigenvalue weighted by Crippen LogP contribution is -1.86. The Morgan fingerprint density at radius 3 is 2.18 bits per heavy atom. The van der Waals surface area contributed by atoms with Crippen LogP contribution in [0.15, 0.2) is 66.3 Å². The Morgan fingerprint density at radius 1 is 1.00 bits per heavy atom. The molecule has 0 nitrogen and oxygen atoms in total. The molecule has 0 saturated heterocycles. The Morgan fingerprint density at radius 2 is 1.65 bits per heavy atom. The lowest BCUT2D eigenvalue weighted by Gasteiger charge is -2.01.